The summed E-state index contributed by atoms with van der Waals surface area (Å²) in [4.78, 5) is 6.29. The van der Waals surface area contributed by atoms with Gasteiger partial charge in [-0.1, -0.05) is 12.1 Å². The summed E-state index contributed by atoms with van der Waals surface area (Å²) in [5.74, 6) is 0. The normalized spacial score (nSPS) is 10.6. The molecule has 0 aliphatic heterocycles. The molecule has 4 aromatic rings. The molecule has 6 heteroatoms. The van der Waals surface area contributed by atoms with Gasteiger partial charge in [-0.2, -0.15) is 10.4 Å². The van der Waals surface area contributed by atoms with Gasteiger partial charge in [-0.3, -0.25) is 10.1 Å². The number of H-pyrrole nitrogens is 1. The Hall–Kier alpha value is -3.85. The van der Waals surface area contributed by atoms with E-state index < -0.39 is 0 Å². The number of aromatic nitrogens is 3. The van der Waals surface area contributed by atoms with Crippen LogP contribution >= 0.6 is 0 Å². The van der Waals surface area contributed by atoms with Crippen molar-refractivity contribution >= 4 is 28.0 Å². The van der Waals surface area contributed by atoms with Gasteiger partial charge in [-0.05, 0) is 35.9 Å². The summed E-state index contributed by atoms with van der Waals surface area (Å²) in [6, 6.07) is 16.3. The number of anilines is 3. The van der Waals surface area contributed by atoms with Crippen molar-refractivity contribution in [1.82, 2.24) is 15.2 Å². The highest BCUT2D eigenvalue weighted by molar-refractivity contribution is 5.88. The molecule has 0 bridgehead atoms. The molecule has 0 saturated heterocycles. The first-order valence-corrected chi connectivity index (χ1v) is 8.52. The maximum atomic E-state index is 9.57. The van der Waals surface area contributed by atoms with Gasteiger partial charge in [0.2, 0.25) is 0 Å². The summed E-state index contributed by atoms with van der Waals surface area (Å²) in [7, 11) is 4.01. The summed E-state index contributed by atoms with van der Waals surface area (Å²) in [6.07, 6.45) is 5.14. The Labute approximate surface area is 157 Å². The van der Waals surface area contributed by atoms with Gasteiger partial charge in [0.15, 0.2) is 0 Å². The molecule has 4 rings (SSSR count). The molecule has 0 fully saturated rings. The molecule has 0 atom stereocenters. The first-order valence-electron chi connectivity index (χ1n) is 8.52. The largest absolute Gasteiger partial charge is 0.378 e. The van der Waals surface area contributed by atoms with E-state index >= 15 is 0 Å². The molecular weight excluding hydrogens is 336 g/mol. The van der Waals surface area contributed by atoms with E-state index in [1.807, 2.05) is 49.3 Å². The van der Waals surface area contributed by atoms with E-state index in [9.17, 15) is 5.26 Å². The van der Waals surface area contributed by atoms with Gasteiger partial charge in [0.1, 0.15) is 6.07 Å². The third-order valence-corrected chi connectivity index (χ3v) is 4.47. The molecule has 2 aromatic heterocycles. The van der Waals surface area contributed by atoms with Gasteiger partial charge >= 0.3 is 0 Å². The molecule has 2 heterocycles. The third-order valence-electron chi connectivity index (χ3n) is 4.47. The molecular formula is C21H18N6. The molecule has 2 N–H and O–H groups in total. The standard InChI is InChI=1S/C21H18N6/c1-27(2)18-7-4-14(5-8-18)19-13-23-11-16(10-22)21(19)25-17-6-3-15-12-24-26-20(15)9-17/h3-9,11-13H,1-2H3,(H,23,25)(H,24,26). The fourth-order valence-corrected chi connectivity index (χ4v) is 3.00. The van der Waals surface area contributed by atoms with E-state index in [1.54, 1.807) is 18.6 Å². The van der Waals surface area contributed by atoms with Crippen molar-refractivity contribution in [1.29, 1.82) is 5.26 Å². The SMILES string of the molecule is CN(C)c1ccc(-c2cncc(C#N)c2Nc2ccc3cn[nH]c3c2)cc1. The number of hydrogen-bond donors (Lipinski definition) is 2. The zero-order valence-corrected chi connectivity index (χ0v) is 15.1. The molecule has 6 nitrogen and oxygen atoms in total. The molecule has 2 aromatic carbocycles. The van der Waals surface area contributed by atoms with Crippen LogP contribution in [0.1, 0.15) is 5.56 Å². The van der Waals surface area contributed by atoms with Crippen molar-refractivity contribution in [2.45, 2.75) is 0 Å². The molecule has 0 saturated carbocycles. The van der Waals surface area contributed by atoms with Crippen molar-refractivity contribution in [3.63, 3.8) is 0 Å². The predicted molar refractivity (Wildman–Crippen MR) is 108 cm³/mol. The van der Waals surface area contributed by atoms with Crippen LogP contribution < -0.4 is 10.2 Å². The third kappa shape index (κ3) is 3.18. The lowest BCUT2D eigenvalue weighted by Crippen LogP contribution is -2.08. The number of rotatable bonds is 4. The van der Waals surface area contributed by atoms with Gasteiger partial charge in [0, 0.05) is 48.8 Å². The molecule has 27 heavy (non-hydrogen) atoms. The van der Waals surface area contributed by atoms with Crippen molar-refractivity contribution in [3.05, 3.63) is 66.6 Å². The molecule has 0 aliphatic carbocycles. The van der Waals surface area contributed by atoms with Crippen LogP contribution in [0.2, 0.25) is 0 Å². The summed E-state index contributed by atoms with van der Waals surface area (Å²) < 4.78 is 0. The summed E-state index contributed by atoms with van der Waals surface area (Å²) in [5, 5.41) is 21.0. The van der Waals surface area contributed by atoms with E-state index in [4.69, 9.17) is 0 Å². The number of pyridine rings is 1. The van der Waals surface area contributed by atoms with Crippen molar-refractivity contribution in [2.75, 3.05) is 24.3 Å². The van der Waals surface area contributed by atoms with Gasteiger partial charge in [0.25, 0.3) is 0 Å². The van der Waals surface area contributed by atoms with Gasteiger partial charge < -0.3 is 10.2 Å². The first-order chi connectivity index (χ1) is 13.2. The monoisotopic (exact) mass is 354 g/mol. The lowest BCUT2D eigenvalue weighted by Gasteiger charge is -2.16. The number of aromatic amines is 1. The van der Waals surface area contributed by atoms with E-state index in [1.165, 1.54) is 0 Å². The van der Waals surface area contributed by atoms with E-state index in [2.05, 4.69) is 38.7 Å². The Kier molecular flexibility index (Phi) is 4.19. The van der Waals surface area contributed by atoms with Crippen molar-refractivity contribution in [3.8, 4) is 17.2 Å². The van der Waals surface area contributed by atoms with Crippen molar-refractivity contribution in [2.24, 2.45) is 0 Å². The van der Waals surface area contributed by atoms with E-state index in [-0.39, 0.29) is 0 Å². The minimum atomic E-state index is 0.494. The fraction of sp³-hybridized carbons (Fsp3) is 0.0952. The average Bonchev–Trinajstić information content (AvgIpc) is 3.16. The second-order valence-corrected chi connectivity index (χ2v) is 6.46. The van der Waals surface area contributed by atoms with Crippen LogP contribution in [0.5, 0.6) is 0 Å². The maximum Gasteiger partial charge on any atom is 0.103 e. The van der Waals surface area contributed by atoms with Gasteiger partial charge in [0.05, 0.1) is 23.0 Å². The molecule has 0 amide bonds. The van der Waals surface area contributed by atoms with Crippen LogP contribution in [-0.2, 0) is 0 Å². The second kappa shape index (κ2) is 6.81. The van der Waals surface area contributed by atoms with Crippen LogP contribution in [-0.4, -0.2) is 29.3 Å². The minimum absolute atomic E-state index is 0.494. The molecule has 0 spiro atoms. The smallest absolute Gasteiger partial charge is 0.103 e. The van der Waals surface area contributed by atoms with E-state index in [0.29, 0.717) is 5.56 Å². The summed E-state index contributed by atoms with van der Waals surface area (Å²) in [5.41, 5.74) is 6.03. The Bertz CT molecular complexity index is 1140. The molecule has 132 valence electrons. The Morgan fingerprint density at radius 1 is 1.04 bits per heavy atom. The number of nitrogens with zero attached hydrogens (tertiary/aromatic N) is 4. The highest BCUT2D eigenvalue weighted by Gasteiger charge is 2.12. The Morgan fingerprint density at radius 2 is 1.85 bits per heavy atom. The van der Waals surface area contributed by atoms with Crippen molar-refractivity contribution < 1.29 is 0 Å². The van der Waals surface area contributed by atoms with Crippen LogP contribution in [0, 0.1) is 11.3 Å². The van der Waals surface area contributed by atoms with E-state index in [0.717, 1.165) is 39.1 Å². The van der Waals surface area contributed by atoms with Gasteiger partial charge in [-0.25, -0.2) is 0 Å². The highest BCUT2D eigenvalue weighted by atomic mass is 15.1. The zero-order valence-electron chi connectivity index (χ0n) is 15.1. The lowest BCUT2D eigenvalue weighted by atomic mass is 10.0. The molecule has 0 unspecified atom stereocenters. The van der Waals surface area contributed by atoms with Crippen LogP contribution in [0.25, 0.3) is 22.0 Å². The number of fused-ring (bicyclic) bond motifs is 1. The highest BCUT2D eigenvalue weighted by Crippen LogP contribution is 2.33. The number of hydrogen-bond acceptors (Lipinski definition) is 5. The summed E-state index contributed by atoms with van der Waals surface area (Å²) >= 11 is 0. The molecule has 0 radical (unpaired) electrons. The minimum Gasteiger partial charge on any atom is -0.378 e. The first kappa shape index (κ1) is 16.6. The maximum absolute atomic E-state index is 9.57. The number of nitriles is 1. The topological polar surface area (TPSA) is 80.6 Å². The number of nitrogens with one attached hydrogen (secondary N) is 2. The van der Waals surface area contributed by atoms with Crippen LogP contribution in [0.3, 0.4) is 0 Å². The molecule has 0 aliphatic rings. The second-order valence-electron chi connectivity index (χ2n) is 6.46. The predicted octanol–water partition coefficient (Wildman–Crippen LogP) is 4.31. The Balaban J connectivity index is 1.78. The summed E-state index contributed by atoms with van der Waals surface area (Å²) in [6.45, 7) is 0. The number of benzene rings is 2. The average molecular weight is 354 g/mol. The fourth-order valence-electron chi connectivity index (χ4n) is 3.00. The van der Waals surface area contributed by atoms with Crippen LogP contribution in [0.15, 0.2) is 61.1 Å². The Morgan fingerprint density at radius 3 is 2.59 bits per heavy atom. The quantitative estimate of drug-likeness (QED) is 0.571. The lowest BCUT2D eigenvalue weighted by molar-refractivity contribution is 1.12. The van der Waals surface area contributed by atoms with Gasteiger partial charge in [-0.15, -0.1) is 0 Å². The van der Waals surface area contributed by atoms with Crippen LogP contribution in [0.4, 0.5) is 17.1 Å². The zero-order chi connectivity index (χ0) is 18.8.